The van der Waals surface area contributed by atoms with Crippen molar-refractivity contribution in [2.24, 2.45) is 0 Å². The van der Waals surface area contributed by atoms with Crippen LogP contribution in [0.1, 0.15) is 40.0 Å². The summed E-state index contributed by atoms with van der Waals surface area (Å²) >= 11 is 0. The lowest BCUT2D eigenvalue weighted by atomic mass is 10.00. The van der Waals surface area contributed by atoms with Gasteiger partial charge in [-0.05, 0) is 42.2 Å². The first-order valence-corrected chi connectivity index (χ1v) is 9.64. The van der Waals surface area contributed by atoms with E-state index < -0.39 is 0 Å². The van der Waals surface area contributed by atoms with Gasteiger partial charge >= 0.3 is 0 Å². The van der Waals surface area contributed by atoms with E-state index in [0.29, 0.717) is 31.2 Å². The van der Waals surface area contributed by atoms with E-state index in [1.165, 1.54) is 17.4 Å². The molecule has 144 valence electrons. The van der Waals surface area contributed by atoms with Crippen LogP contribution in [0.3, 0.4) is 0 Å². The first-order valence-electron chi connectivity index (χ1n) is 9.64. The molecule has 2 aromatic heterocycles. The summed E-state index contributed by atoms with van der Waals surface area (Å²) in [6, 6.07) is 12.4. The normalized spacial score (nSPS) is 13.9. The van der Waals surface area contributed by atoms with Crippen LogP contribution in [-0.4, -0.2) is 38.8 Å². The quantitative estimate of drug-likeness (QED) is 0.661. The Morgan fingerprint density at radius 1 is 1.18 bits per heavy atom. The third-order valence-electron chi connectivity index (χ3n) is 5.13. The summed E-state index contributed by atoms with van der Waals surface area (Å²) in [5.74, 6) is 0.473. The molecular weight excluding hydrogens is 352 g/mol. The Labute approximate surface area is 164 Å². The number of hydrogen-bond donors (Lipinski definition) is 0. The molecule has 3 heterocycles. The van der Waals surface area contributed by atoms with Crippen molar-refractivity contribution in [3.8, 4) is 0 Å². The highest BCUT2D eigenvalue weighted by molar-refractivity contribution is 5.91. The molecule has 0 bridgehead atoms. The number of hydrogen-bond acceptors (Lipinski definition) is 5. The first kappa shape index (κ1) is 18.4. The number of aromatic nitrogens is 2. The minimum Gasteiger partial charge on any atom is -0.447 e. The van der Waals surface area contributed by atoms with E-state index in [4.69, 9.17) is 4.42 Å². The lowest BCUT2D eigenvalue weighted by Gasteiger charge is -2.27. The molecule has 0 N–H and O–H groups in total. The Morgan fingerprint density at radius 2 is 1.96 bits per heavy atom. The van der Waals surface area contributed by atoms with Crippen LogP contribution in [0.15, 0.2) is 59.5 Å². The molecule has 1 aliphatic rings. The molecule has 0 saturated heterocycles. The minimum atomic E-state index is -0.113. The molecule has 0 unspecified atom stereocenters. The Morgan fingerprint density at radius 3 is 2.75 bits per heavy atom. The number of nitrogens with zero attached hydrogens (tertiary/aromatic N) is 4. The van der Waals surface area contributed by atoms with Gasteiger partial charge in [0.2, 0.25) is 5.89 Å². The van der Waals surface area contributed by atoms with Crippen LogP contribution in [0.5, 0.6) is 0 Å². The Hall–Kier alpha value is -2.99. The van der Waals surface area contributed by atoms with Gasteiger partial charge in [0, 0.05) is 38.6 Å². The monoisotopic (exact) mass is 376 g/mol. The number of pyridine rings is 1. The largest absolute Gasteiger partial charge is 0.447 e. The molecule has 3 aromatic rings. The van der Waals surface area contributed by atoms with Crippen LogP contribution >= 0.6 is 0 Å². The molecule has 0 radical (unpaired) electrons. The molecule has 6 nitrogen and oxygen atoms in total. The summed E-state index contributed by atoms with van der Waals surface area (Å²) in [4.78, 5) is 25.4. The van der Waals surface area contributed by atoms with Crippen molar-refractivity contribution in [2.75, 3.05) is 13.1 Å². The van der Waals surface area contributed by atoms with E-state index in [0.717, 1.165) is 25.1 Å². The van der Waals surface area contributed by atoms with Crippen LogP contribution in [-0.2, 0) is 26.1 Å². The average molecular weight is 376 g/mol. The number of benzene rings is 1. The fourth-order valence-corrected chi connectivity index (χ4v) is 3.56. The second kappa shape index (κ2) is 8.35. The lowest BCUT2D eigenvalue weighted by Crippen LogP contribution is -2.31. The van der Waals surface area contributed by atoms with E-state index in [9.17, 15) is 4.79 Å². The van der Waals surface area contributed by atoms with E-state index in [1.54, 1.807) is 17.3 Å². The summed E-state index contributed by atoms with van der Waals surface area (Å²) in [6.07, 6.45) is 5.97. The predicted molar refractivity (Wildman–Crippen MR) is 105 cm³/mol. The molecule has 1 amide bonds. The van der Waals surface area contributed by atoms with Crippen molar-refractivity contribution in [3.05, 3.63) is 83.3 Å². The summed E-state index contributed by atoms with van der Waals surface area (Å²) in [7, 11) is 0. The summed E-state index contributed by atoms with van der Waals surface area (Å²) in [5.41, 5.74) is 4.17. The van der Waals surface area contributed by atoms with Gasteiger partial charge in [-0.25, -0.2) is 4.98 Å². The number of fused-ring (bicyclic) bond motifs is 1. The molecule has 6 heteroatoms. The van der Waals surface area contributed by atoms with Crippen LogP contribution in [0.4, 0.5) is 0 Å². The SMILES string of the molecule is CCN(Cc1ccncc1)C(=O)c1coc(CN2CCc3ccccc3C2)n1. The van der Waals surface area contributed by atoms with Gasteiger partial charge in [0.05, 0.1) is 6.54 Å². The molecule has 0 aliphatic carbocycles. The number of amides is 1. The standard InChI is InChI=1S/C22H24N4O2/c1-2-26(13-17-7-10-23-11-8-17)22(27)20-16-28-21(24-20)15-25-12-9-18-5-3-4-6-19(18)14-25/h3-8,10-11,16H,2,9,12-15H2,1H3. The average Bonchev–Trinajstić information content (AvgIpc) is 3.20. The molecule has 0 saturated carbocycles. The van der Waals surface area contributed by atoms with Crippen LogP contribution < -0.4 is 0 Å². The van der Waals surface area contributed by atoms with Gasteiger partial charge in [-0.2, -0.15) is 0 Å². The van der Waals surface area contributed by atoms with Gasteiger partial charge in [0.25, 0.3) is 5.91 Å². The molecule has 0 atom stereocenters. The topological polar surface area (TPSA) is 62.5 Å². The fraction of sp³-hybridized carbons (Fsp3) is 0.318. The summed E-state index contributed by atoms with van der Waals surface area (Å²) in [6.45, 7) is 5.55. The van der Waals surface area contributed by atoms with Crippen LogP contribution in [0, 0.1) is 0 Å². The molecule has 4 rings (SSSR count). The summed E-state index contributed by atoms with van der Waals surface area (Å²) in [5, 5.41) is 0. The van der Waals surface area contributed by atoms with Crippen molar-refractivity contribution < 1.29 is 9.21 Å². The first-order chi connectivity index (χ1) is 13.7. The Balaban J connectivity index is 1.40. The molecule has 0 fully saturated rings. The van der Waals surface area contributed by atoms with E-state index in [2.05, 4.69) is 39.1 Å². The predicted octanol–water partition coefficient (Wildman–Crippen LogP) is 3.29. The third kappa shape index (κ3) is 4.12. The maximum atomic E-state index is 12.8. The second-order valence-electron chi connectivity index (χ2n) is 7.03. The smallest absolute Gasteiger partial charge is 0.276 e. The second-order valence-corrected chi connectivity index (χ2v) is 7.03. The van der Waals surface area contributed by atoms with Gasteiger partial charge in [-0.15, -0.1) is 0 Å². The minimum absolute atomic E-state index is 0.113. The third-order valence-corrected chi connectivity index (χ3v) is 5.13. The van der Waals surface area contributed by atoms with Crippen molar-refractivity contribution in [1.82, 2.24) is 19.8 Å². The highest BCUT2D eigenvalue weighted by Gasteiger charge is 2.21. The zero-order valence-corrected chi connectivity index (χ0v) is 16.0. The molecule has 28 heavy (non-hydrogen) atoms. The number of carbonyl (C=O) groups excluding carboxylic acids is 1. The van der Waals surface area contributed by atoms with Gasteiger partial charge in [-0.1, -0.05) is 24.3 Å². The van der Waals surface area contributed by atoms with E-state index in [-0.39, 0.29) is 5.91 Å². The van der Waals surface area contributed by atoms with Gasteiger partial charge < -0.3 is 9.32 Å². The molecule has 1 aliphatic heterocycles. The zero-order valence-electron chi connectivity index (χ0n) is 16.0. The number of oxazole rings is 1. The van der Waals surface area contributed by atoms with Crippen molar-refractivity contribution in [3.63, 3.8) is 0 Å². The van der Waals surface area contributed by atoms with Crippen molar-refractivity contribution in [2.45, 2.75) is 33.0 Å². The molecule has 0 spiro atoms. The lowest BCUT2D eigenvalue weighted by molar-refractivity contribution is 0.0746. The molecule has 1 aromatic carbocycles. The number of carbonyl (C=O) groups is 1. The maximum Gasteiger partial charge on any atom is 0.276 e. The van der Waals surface area contributed by atoms with Crippen LogP contribution in [0.2, 0.25) is 0 Å². The fourth-order valence-electron chi connectivity index (χ4n) is 3.56. The Kier molecular flexibility index (Phi) is 5.48. The zero-order chi connectivity index (χ0) is 19.3. The Bertz CT molecular complexity index is 938. The summed E-state index contributed by atoms with van der Waals surface area (Å²) < 4.78 is 5.61. The van der Waals surface area contributed by atoms with Gasteiger partial charge in [0.15, 0.2) is 5.69 Å². The highest BCUT2D eigenvalue weighted by atomic mass is 16.3. The maximum absolute atomic E-state index is 12.8. The highest BCUT2D eigenvalue weighted by Crippen LogP contribution is 2.20. The van der Waals surface area contributed by atoms with Gasteiger partial charge in [0.1, 0.15) is 6.26 Å². The van der Waals surface area contributed by atoms with E-state index in [1.807, 2.05) is 19.1 Å². The van der Waals surface area contributed by atoms with Crippen molar-refractivity contribution >= 4 is 5.91 Å². The van der Waals surface area contributed by atoms with Crippen molar-refractivity contribution in [1.29, 1.82) is 0 Å². The van der Waals surface area contributed by atoms with Gasteiger partial charge in [-0.3, -0.25) is 14.7 Å². The van der Waals surface area contributed by atoms with E-state index >= 15 is 0 Å². The van der Waals surface area contributed by atoms with Crippen LogP contribution in [0.25, 0.3) is 0 Å². The number of rotatable bonds is 6. The molecular formula is C22H24N4O2.